The Hall–Kier alpha value is -1.06. The number of nitrogens with one attached hydrogen (secondary N) is 1. The molecule has 0 spiro atoms. The molecule has 100 valence electrons. The Bertz CT molecular complexity index is 363. The lowest BCUT2D eigenvalue weighted by atomic mass is 10.1. The zero-order valence-electron chi connectivity index (χ0n) is 11.4. The molecule has 1 fully saturated rings. The van der Waals surface area contributed by atoms with Gasteiger partial charge in [0, 0.05) is 18.6 Å². The summed E-state index contributed by atoms with van der Waals surface area (Å²) in [6.45, 7) is 7.87. The predicted molar refractivity (Wildman–Crippen MR) is 74.8 cm³/mol. The van der Waals surface area contributed by atoms with E-state index in [4.69, 9.17) is 0 Å². The summed E-state index contributed by atoms with van der Waals surface area (Å²) in [5, 5.41) is 12.9. The van der Waals surface area contributed by atoms with E-state index in [2.05, 4.69) is 24.1 Å². The van der Waals surface area contributed by atoms with Crippen LogP contribution in [0.25, 0.3) is 0 Å². The van der Waals surface area contributed by atoms with E-state index in [1.54, 1.807) is 12.1 Å². The first-order valence-corrected chi connectivity index (χ1v) is 6.97. The maximum Gasteiger partial charge on any atom is 0.115 e. The third kappa shape index (κ3) is 3.24. The second kappa shape index (κ2) is 6.21. The van der Waals surface area contributed by atoms with Crippen LogP contribution in [0.15, 0.2) is 24.3 Å². The van der Waals surface area contributed by atoms with Gasteiger partial charge in [-0.2, -0.15) is 0 Å². The van der Waals surface area contributed by atoms with Crippen molar-refractivity contribution in [1.29, 1.82) is 0 Å². The van der Waals surface area contributed by atoms with Crippen LogP contribution in [0.2, 0.25) is 0 Å². The van der Waals surface area contributed by atoms with Crippen molar-refractivity contribution >= 4 is 0 Å². The van der Waals surface area contributed by atoms with Crippen LogP contribution in [0.1, 0.15) is 38.3 Å². The van der Waals surface area contributed by atoms with Crippen molar-refractivity contribution in [3.63, 3.8) is 0 Å². The van der Waals surface area contributed by atoms with E-state index in [1.165, 1.54) is 24.9 Å². The summed E-state index contributed by atoms with van der Waals surface area (Å²) >= 11 is 0. The molecule has 0 aromatic heterocycles. The number of phenols is 1. The van der Waals surface area contributed by atoms with Gasteiger partial charge in [-0.1, -0.05) is 19.1 Å². The van der Waals surface area contributed by atoms with E-state index < -0.39 is 0 Å². The number of aromatic hydroxyl groups is 1. The quantitative estimate of drug-likeness (QED) is 0.840. The standard InChI is InChI=1S/C15H24N2O/c1-3-17-10-4-5-14(17)11-16-12(2)13-6-8-15(18)9-7-13/h6-9,12,14,16,18H,3-5,10-11H2,1-2H3. The number of nitrogens with zero attached hydrogens (tertiary/aromatic N) is 1. The van der Waals surface area contributed by atoms with Gasteiger partial charge in [0.25, 0.3) is 0 Å². The van der Waals surface area contributed by atoms with Crippen molar-refractivity contribution < 1.29 is 5.11 Å². The molecular formula is C15H24N2O. The van der Waals surface area contributed by atoms with E-state index in [0.29, 0.717) is 17.8 Å². The molecule has 0 amide bonds. The van der Waals surface area contributed by atoms with Crippen LogP contribution in [0, 0.1) is 0 Å². The van der Waals surface area contributed by atoms with Gasteiger partial charge in [-0.15, -0.1) is 0 Å². The fourth-order valence-electron chi connectivity index (χ4n) is 2.74. The molecule has 3 heteroatoms. The van der Waals surface area contributed by atoms with Gasteiger partial charge < -0.3 is 10.4 Å². The summed E-state index contributed by atoms with van der Waals surface area (Å²) < 4.78 is 0. The lowest BCUT2D eigenvalue weighted by molar-refractivity contribution is 0.255. The van der Waals surface area contributed by atoms with Crippen molar-refractivity contribution in [2.75, 3.05) is 19.6 Å². The van der Waals surface area contributed by atoms with E-state index in [0.717, 1.165) is 13.1 Å². The number of likely N-dealkylation sites (N-methyl/N-ethyl adjacent to an activating group) is 1. The highest BCUT2D eigenvalue weighted by Crippen LogP contribution is 2.19. The van der Waals surface area contributed by atoms with Crippen LogP contribution >= 0.6 is 0 Å². The predicted octanol–water partition coefficient (Wildman–Crippen LogP) is 2.53. The molecule has 1 aromatic carbocycles. The van der Waals surface area contributed by atoms with Crippen molar-refractivity contribution in [2.24, 2.45) is 0 Å². The average molecular weight is 248 g/mol. The Morgan fingerprint density at radius 1 is 1.39 bits per heavy atom. The summed E-state index contributed by atoms with van der Waals surface area (Å²) in [5.74, 6) is 0.332. The number of benzene rings is 1. The minimum absolute atomic E-state index is 0.332. The normalized spacial score (nSPS) is 22.2. The largest absolute Gasteiger partial charge is 0.508 e. The Morgan fingerprint density at radius 2 is 2.11 bits per heavy atom. The average Bonchev–Trinajstić information content (AvgIpc) is 2.84. The summed E-state index contributed by atoms with van der Waals surface area (Å²) in [4.78, 5) is 2.55. The van der Waals surface area contributed by atoms with Gasteiger partial charge in [0.15, 0.2) is 0 Å². The van der Waals surface area contributed by atoms with Gasteiger partial charge in [-0.3, -0.25) is 4.90 Å². The highest BCUT2D eigenvalue weighted by atomic mass is 16.3. The second-order valence-electron chi connectivity index (χ2n) is 5.15. The monoisotopic (exact) mass is 248 g/mol. The molecule has 1 aliphatic heterocycles. The highest BCUT2D eigenvalue weighted by molar-refractivity contribution is 5.27. The molecule has 0 bridgehead atoms. The van der Waals surface area contributed by atoms with E-state index in [-0.39, 0.29) is 0 Å². The lowest BCUT2D eigenvalue weighted by Crippen LogP contribution is -2.38. The van der Waals surface area contributed by atoms with Crippen LogP contribution in [0.3, 0.4) is 0 Å². The molecule has 1 heterocycles. The first-order valence-electron chi connectivity index (χ1n) is 6.97. The first kappa shape index (κ1) is 13.4. The van der Waals surface area contributed by atoms with Gasteiger partial charge in [0.1, 0.15) is 5.75 Å². The number of rotatable bonds is 5. The Kier molecular flexibility index (Phi) is 4.61. The molecule has 2 atom stereocenters. The van der Waals surface area contributed by atoms with Crippen molar-refractivity contribution in [3.8, 4) is 5.75 Å². The molecule has 2 rings (SSSR count). The van der Waals surface area contributed by atoms with Crippen LogP contribution in [0.4, 0.5) is 0 Å². The molecule has 0 radical (unpaired) electrons. The number of hydrogen-bond acceptors (Lipinski definition) is 3. The molecule has 0 saturated carbocycles. The first-order chi connectivity index (χ1) is 8.70. The van der Waals surface area contributed by atoms with E-state index >= 15 is 0 Å². The van der Waals surface area contributed by atoms with Crippen LogP contribution in [0.5, 0.6) is 5.75 Å². The Balaban J connectivity index is 1.84. The van der Waals surface area contributed by atoms with Crippen LogP contribution in [-0.2, 0) is 0 Å². The number of likely N-dealkylation sites (tertiary alicyclic amines) is 1. The Labute approximate surface area is 110 Å². The topological polar surface area (TPSA) is 35.5 Å². The summed E-state index contributed by atoms with van der Waals surface area (Å²) in [5.41, 5.74) is 1.23. The molecule has 0 aliphatic carbocycles. The van der Waals surface area contributed by atoms with Crippen LogP contribution < -0.4 is 5.32 Å². The van der Waals surface area contributed by atoms with Gasteiger partial charge in [-0.25, -0.2) is 0 Å². The molecular weight excluding hydrogens is 224 g/mol. The van der Waals surface area contributed by atoms with Gasteiger partial charge in [0.05, 0.1) is 0 Å². The summed E-state index contributed by atoms with van der Waals surface area (Å²) in [6, 6.07) is 8.50. The molecule has 1 aliphatic rings. The SMILES string of the molecule is CCN1CCCC1CNC(C)c1ccc(O)cc1. The van der Waals surface area contributed by atoms with Gasteiger partial charge >= 0.3 is 0 Å². The summed E-state index contributed by atoms with van der Waals surface area (Å²) in [6.07, 6.45) is 2.64. The smallest absolute Gasteiger partial charge is 0.115 e. The van der Waals surface area contributed by atoms with Crippen molar-refractivity contribution in [2.45, 2.75) is 38.8 Å². The third-order valence-electron chi connectivity index (χ3n) is 3.96. The van der Waals surface area contributed by atoms with Crippen molar-refractivity contribution in [1.82, 2.24) is 10.2 Å². The fourth-order valence-corrected chi connectivity index (χ4v) is 2.74. The van der Waals surface area contributed by atoms with E-state index in [9.17, 15) is 5.11 Å². The van der Waals surface area contributed by atoms with Gasteiger partial charge in [0.2, 0.25) is 0 Å². The molecule has 1 aromatic rings. The Morgan fingerprint density at radius 3 is 2.78 bits per heavy atom. The summed E-state index contributed by atoms with van der Waals surface area (Å²) in [7, 11) is 0. The third-order valence-corrected chi connectivity index (χ3v) is 3.96. The second-order valence-corrected chi connectivity index (χ2v) is 5.15. The highest BCUT2D eigenvalue weighted by Gasteiger charge is 2.22. The molecule has 2 unspecified atom stereocenters. The molecule has 18 heavy (non-hydrogen) atoms. The van der Waals surface area contributed by atoms with Crippen LogP contribution in [-0.4, -0.2) is 35.7 Å². The minimum Gasteiger partial charge on any atom is -0.508 e. The molecule has 1 saturated heterocycles. The number of phenolic OH excluding ortho intramolecular Hbond substituents is 1. The zero-order valence-corrected chi connectivity index (χ0v) is 11.4. The maximum absolute atomic E-state index is 9.28. The lowest BCUT2D eigenvalue weighted by Gasteiger charge is -2.25. The molecule has 2 N–H and O–H groups in total. The maximum atomic E-state index is 9.28. The van der Waals surface area contributed by atoms with Crippen molar-refractivity contribution in [3.05, 3.63) is 29.8 Å². The molecule has 3 nitrogen and oxygen atoms in total. The fraction of sp³-hybridized carbons (Fsp3) is 0.600. The zero-order chi connectivity index (χ0) is 13.0. The minimum atomic E-state index is 0.332. The number of hydrogen-bond donors (Lipinski definition) is 2. The van der Waals surface area contributed by atoms with E-state index in [1.807, 2.05) is 12.1 Å². The van der Waals surface area contributed by atoms with Gasteiger partial charge in [-0.05, 0) is 50.6 Å².